The van der Waals surface area contributed by atoms with Crippen LogP contribution in [-0.2, 0) is 0 Å². The van der Waals surface area contributed by atoms with Crippen LogP contribution < -0.4 is 0 Å². The van der Waals surface area contributed by atoms with Crippen LogP contribution in [0.15, 0.2) is 0 Å². The van der Waals surface area contributed by atoms with Crippen LogP contribution in [0.4, 0.5) is 17.6 Å². The van der Waals surface area contributed by atoms with Crippen LogP contribution in [0.3, 0.4) is 0 Å². The summed E-state index contributed by atoms with van der Waals surface area (Å²) in [4.78, 5) is 0. The molecule has 0 spiro atoms. The lowest BCUT2D eigenvalue weighted by atomic mass is 9.79. The predicted molar refractivity (Wildman–Crippen MR) is 37.5 cm³/mol. The van der Waals surface area contributed by atoms with Crippen LogP contribution in [0.25, 0.3) is 0 Å². The van der Waals surface area contributed by atoms with E-state index in [9.17, 15) is 17.6 Å². The minimum absolute atomic E-state index is 0.0498. The SMILES string of the molecule is CC1CC(F)CCC1C(F)(F)F. The van der Waals surface area contributed by atoms with Gasteiger partial charge in [-0.25, -0.2) is 4.39 Å². The van der Waals surface area contributed by atoms with E-state index in [1.54, 1.807) is 0 Å². The summed E-state index contributed by atoms with van der Waals surface area (Å²) >= 11 is 0. The van der Waals surface area contributed by atoms with Crippen molar-refractivity contribution < 1.29 is 17.6 Å². The van der Waals surface area contributed by atoms with Crippen LogP contribution in [-0.4, -0.2) is 12.3 Å². The van der Waals surface area contributed by atoms with Crippen molar-refractivity contribution in [1.82, 2.24) is 0 Å². The molecule has 4 heteroatoms. The number of halogens is 4. The van der Waals surface area contributed by atoms with Gasteiger partial charge >= 0.3 is 6.18 Å². The maximum absolute atomic E-state index is 12.6. The molecule has 1 fully saturated rings. The standard InChI is InChI=1S/C8H12F4/c1-5-4-6(9)2-3-7(5)8(10,11)12/h5-7H,2-4H2,1H3. The molecule has 72 valence electrons. The lowest BCUT2D eigenvalue weighted by molar-refractivity contribution is -0.197. The van der Waals surface area contributed by atoms with Gasteiger partial charge in [-0.3, -0.25) is 0 Å². The van der Waals surface area contributed by atoms with Crippen LogP contribution in [0, 0.1) is 11.8 Å². The average Bonchev–Trinajstić information content (AvgIpc) is 1.83. The maximum Gasteiger partial charge on any atom is 0.392 e. The molecule has 0 bridgehead atoms. The van der Waals surface area contributed by atoms with Gasteiger partial charge in [0.1, 0.15) is 6.17 Å². The summed E-state index contributed by atoms with van der Waals surface area (Å²) in [6.07, 6.45) is -5.09. The van der Waals surface area contributed by atoms with Crippen LogP contribution >= 0.6 is 0 Å². The first-order chi connectivity index (χ1) is 5.41. The highest BCUT2D eigenvalue weighted by Crippen LogP contribution is 2.41. The Balaban J connectivity index is 2.57. The summed E-state index contributed by atoms with van der Waals surface area (Å²) in [5.74, 6) is -1.85. The fourth-order valence-corrected chi connectivity index (χ4v) is 1.82. The van der Waals surface area contributed by atoms with Gasteiger partial charge in [0.25, 0.3) is 0 Å². The first kappa shape index (κ1) is 9.81. The van der Waals surface area contributed by atoms with Crippen molar-refractivity contribution in [2.45, 2.75) is 38.5 Å². The van der Waals surface area contributed by atoms with Crippen molar-refractivity contribution in [2.75, 3.05) is 0 Å². The highest BCUT2D eigenvalue weighted by atomic mass is 19.4. The third-order valence-electron chi connectivity index (χ3n) is 2.53. The van der Waals surface area contributed by atoms with Gasteiger partial charge in [0.05, 0.1) is 5.92 Å². The molecule has 0 aliphatic heterocycles. The zero-order chi connectivity index (χ0) is 9.35. The molecule has 0 radical (unpaired) electrons. The van der Waals surface area contributed by atoms with Gasteiger partial charge in [-0.15, -0.1) is 0 Å². The Morgan fingerprint density at radius 2 is 1.75 bits per heavy atom. The first-order valence-electron chi connectivity index (χ1n) is 4.12. The number of rotatable bonds is 0. The molecule has 0 aromatic carbocycles. The fraction of sp³-hybridized carbons (Fsp3) is 1.00. The Labute approximate surface area is 69.0 Å². The lowest BCUT2D eigenvalue weighted by Gasteiger charge is -2.32. The monoisotopic (exact) mass is 184 g/mol. The summed E-state index contributed by atoms with van der Waals surface area (Å²) in [7, 11) is 0. The Morgan fingerprint density at radius 3 is 2.17 bits per heavy atom. The average molecular weight is 184 g/mol. The van der Waals surface area contributed by atoms with Crippen LogP contribution in [0.5, 0.6) is 0 Å². The van der Waals surface area contributed by atoms with Crippen molar-refractivity contribution in [1.29, 1.82) is 0 Å². The quantitative estimate of drug-likeness (QED) is 0.506. The second-order valence-corrected chi connectivity index (χ2v) is 3.54. The van der Waals surface area contributed by atoms with Crippen molar-refractivity contribution in [3.63, 3.8) is 0 Å². The van der Waals surface area contributed by atoms with Gasteiger partial charge in [0.15, 0.2) is 0 Å². The molecule has 1 aliphatic rings. The number of alkyl halides is 4. The second kappa shape index (κ2) is 3.23. The number of hydrogen-bond donors (Lipinski definition) is 0. The van der Waals surface area contributed by atoms with Crippen molar-refractivity contribution in [3.05, 3.63) is 0 Å². The molecule has 0 aromatic heterocycles. The van der Waals surface area contributed by atoms with E-state index in [-0.39, 0.29) is 19.3 Å². The summed E-state index contributed by atoms with van der Waals surface area (Å²) in [5, 5.41) is 0. The molecule has 3 atom stereocenters. The fourth-order valence-electron chi connectivity index (χ4n) is 1.82. The minimum atomic E-state index is -4.14. The maximum atomic E-state index is 12.6. The van der Waals surface area contributed by atoms with Gasteiger partial charge in [0.2, 0.25) is 0 Å². The summed E-state index contributed by atoms with van der Waals surface area (Å²) < 4.78 is 49.2. The molecular formula is C8H12F4. The Hall–Kier alpha value is -0.280. The molecule has 0 N–H and O–H groups in total. The van der Waals surface area contributed by atoms with E-state index in [0.29, 0.717) is 0 Å². The molecule has 12 heavy (non-hydrogen) atoms. The molecule has 1 rings (SSSR count). The van der Waals surface area contributed by atoms with Gasteiger partial charge < -0.3 is 0 Å². The molecule has 0 nitrogen and oxygen atoms in total. The lowest BCUT2D eigenvalue weighted by Crippen LogP contribution is -2.34. The zero-order valence-electron chi connectivity index (χ0n) is 6.87. The van der Waals surface area contributed by atoms with Crippen molar-refractivity contribution in [3.8, 4) is 0 Å². The molecule has 3 unspecified atom stereocenters. The molecule has 0 heterocycles. The third kappa shape index (κ3) is 2.11. The van der Waals surface area contributed by atoms with E-state index in [2.05, 4.69) is 0 Å². The highest BCUT2D eigenvalue weighted by molar-refractivity contribution is 4.81. The van der Waals surface area contributed by atoms with E-state index in [0.717, 1.165) is 0 Å². The van der Waals surface area contributed by atoms with Crippen molar-refractivity contribution in [2.24, 2.45) is 11.8 Å². The first-order valence-corrected chi connectivity index (χ1v) is 4.12. The minimum Gasteiger partial charge on any atom is -0.247 e. The summed E-state index contributed by atoms with van der Waals surface area (Å²) in [5.41, 5.74) is 0. The van der Waals surface area contributed by atoms with E-state index in [1.165, 1.54) is 6.92 Å². The van der Waals surface area contributed by atoms with E-state index in [1.807, 2.05) is 0 Å². The van der Waals surface area contributed by atoms with Gasteiger partial charge in [-0.2, -0.15) is 13.2 Å². The normalized spacial score (nSPS) is 38.2. The van der Waals surface area contributed by atoms with Gasteiger partial charge in [0, 0.05) is 0 Å². The predicted octanol–water partition coefficient (Wildman–Crippen LogP) is 3.32. The largest absolute Gasteiger partial charge is 0.392 e. The van der Waals surface area contributed by atoms with Crippen LogP contribution in [0.1, 0.15) is 26.2 Å². The summed E-state index contributed by atoms with van der Waals surface area (Å²) in [6.45, 7) is 1.48. The molecule has 1 aliphatic carbocycles. The number of hydrogen-bond acceptors (Lipinski definition) is 0. The van der Waals surface area contributed by atoms with E-state index >= 15 is 0 Å². The molecule has 0 saturated heterocycles. The molecular weight excluding hydrogens is 172 g/mol. The summed E-state index contributed by atoms with van der Waals surface area (Å²) in [6, 6.07) is 0. The van der Waals surface area contributed by atoms with Crippen molar-refractivity contribution >= 4 is 0 Å². The molecule has 0 aromatic rings. The second-order valence-electron chi connectivity index (χ2n) is 3.54. The Morgan fingerprint density at radius 1 is 1.17 bits per heavy atom. The zero-order valence-corrected chi connectivity index (χ0v) is 6.87. The Bertz CT molecular complexity index is 152. The topological polar surface area (TPSA) is 0 Å². The Kier molecular flexibility index (Phi) is 2.64. The van der Waals surface area contributed by atoms with E-state index in [4.69, 9.17) is 0 Å². The molecule has 1 saturated carbocycles. The van der Waals surface area contributed by atoms with Gasteiger partial charge in [-0.05, 0) is 25.2 Å². The van der Waals surface area contributed by atoms with Crippen LogP contribution in [0.2, 0.25) is 0 Å². The smallest absolute Gasteiger partial charge is 0.247 e. The molecule has 0 amide bonds. The van der Waals surface area contributed by atoms with E-state index < -0.39 is 24.2 Å². The highest BCUT2D eigenvalue weighted by Gasteiger charge is 2.45. The third-order valence-corrected chi connectivity index (χ3v) is 2.53. The van der Waals surface area contributed by atoms with Gasteiger partial charge in [-0.1, -0.05) is 6.92 Å².